The maximum absolute atomic E-state index is 12.6. The number of carbonyl (C=O) groups is 4. The standard InChI is InChI=1S/C14H22N4O6S.C13H20N4O6S.CH4O/c1-16-7-14(8-16)4-9(5-14)15-12(19)11-3-2-10-6-17(11)13(20)18(10)24-25(21,22)23;18-11(15-8-3-13(4-8)6-14-7-13)10-2-1-9-5-16(10)12(19)17(9)23-24(20,21)22;1-2/h9-11H,2-8H2,1H3,(H,15,19)(H,21,22,23);8-10,14H,1-7H2,(H,15,18)(H,20,21,22);2H,1H3/t10-,11-;9-,10-;/m11./s1. The maximum Gasteiger partial charge on any atom is 0.418 e. The van der Waals surface area contributed by atoms with Crippen LogP contribution in [0.3, 0.4) is 0 Å². The smallest absolute Gasteiger partial charge is 0.400 e. The monoisotopic (exact) mass is 766 g/mol. The van der Waals surface area contributed by atoms with Gasteiger partial charge in [-0.2, -0.15) is 27.0 Å². The fourth-order valence-corrected chi connectivity index (χ4v) is 9.88. The molecule has 0 aromatic heterocycles. The minimum Gasteiger partial charge on any atom is -0.400 e. The van der Waals surface area contributed by atoms with Crippen LogP contribution in [0.5, 0.6) is 0 Å². The largest absolute Gasteiger partial charge is 0.418 e. The third-order valence-electron chi connectivity index (χ3n) is 11.2. The number of fused-ring (bicyclic) bond motifs is 4. The van der Waals surface area contributed by atoms with Gasteiger partial charge in [-0.15, -0.1) is 8.57 Å². The van der Waals surface area contributed by atoms with Crippen molar-refractivity contribution in [1.82, 2.24) is 40.8 Å². The molecule has 0 radical (unpaired) electrons. The summed E-state index contributed by atoms with van der Waals surface area (Å²) in [7, 11) is -6.46. The lowest BCUT2D eigenvalue weighted by atomic mass is 9.61. The number of carbonyl (C=O) groups excluding carboxylic acids is 4. The third kappa shape index (κ3) is 7.76. The number of nitrogens with one attached hydrogen (secondary N) is 3. The Morgan fingerprint density at radius 1 is 0.725 bits per heavy atom. The third-order valence-corrected chi connectivity index (χ3v) is 11.9. The van der Waals surface area contributed by atoms with E-state index in [1.54, 1.807) is 0 Å². The van der Waals surface area contributed by atoms with Gasteiger partial charge in [0.05, 0.1) is 12.1 Å². The Balaban J connectivity index is 0.000000168. The molecule has 4 atom stereocenters. The molecule has 21 nitrogen and oxygen atoms in total. The second kappa shape index (κ2) is 13.8. The molecular weight excluding hydrogens is 720 g/mol. The summed E-state index contributed by atoms with van der Waals surface area (Å²) in [6, 6.07) is -3.33. The van der Waals surface area contributed by atoms with Crippen molar-refractivity contribution in [2.24, 2.45) is 10.8 Å². The first-order chi connectivity index (χ1) is 23.9. The highest BCUT2D eigenvalue weighted by Gasteiger charge is 2.54. The van der Waals surface area contributed by atoms with Crippen molar-refractivity contribution < 1.29 is 58.8 Å². The fraction of sp³-hybridized carbons (Fsp3) is 0.857. The van der Waals surface area contributed by atoms with Gasteiger partial charge in [0.15, 0.2) is 0 Å². The highest BCUT2D eigenvalue weighted by Crippen LogP contribution is 2.48. The van der Waals surface area contributed by atoms with Crippen LogP contribution < -0.4 is 16.0 Å². The summed E-state index contributed by atoms with van der Waals surface area (Å²) in [5, 5.41) is 17.6. The van der Waals surface area contributed by atoms with E-state index in [1.165, 1.54) is 9.80 Å². The van der Waals surface area contributed by atoms with Crippen molar-refractivity contribution in [3.63, 3.8) is 0 Å². The Labute approximate surface area is 295 Å². The summed E-state index contributed by atoms with van der Waals surface area (Å²) in [6.45, 7) is 4.55. The summed E-state index contributed by atoms with van der Waals surface area (Å²) in [4.78, 5) is 54.5. The molecule has 8 aliphatic rings. The van der Waals surface area contributed by atoms with Crippen LogP contribution in [-0.4, -0.2) is 169 Å². The normalized spacial score (nSPS) is 31.7. The molecule has 6 aliphatic heterocycles. The Hall–Kier alpha value is -2.90. The first-order valence-electron chi connectivity index (χ1n) is 16.9. The molecule has 0 aromatic rings. The second-order valence-electron chi connectivity index (χ2n) is 15.0. The van der Waals surface area contributed by atoms with E-state index in [4.69, 9.17) is 14.2 Å². The molecule has 0 aromatic carbocycles. The highest BCUT2D eigenvalue weighted by molar-refractivity contribution is 7.81. The number of likely N-dealkylation sites (tertiary alicyclic amines) is 1. The van der Waals surface area contributed by atoms with Crippen LogP contribution in [0.2, 0.25) is 0 Å². The lowest BCUT2D eigenvalue weighted by Crippen LogP contribution is -2.66. The number of hydroxylamine groups is 4. The zero-order chi connectivity index (χ0) is 37.1. The summed E-state index contributed by atoms with van der Waals surface area (Å²) in [6.07, 6.45) is 5.58. The van der Waals surface area contributed by atoms with Gasteiger partial charge in [0.2, 0.25) is 11.8 Å². The second-order valence-corrected chi connectivity index (χ2v) is 17.0. The number of amides is 6. The van der Waals surface area contributed by atoms with E-state index in [0.29, 0.717) is 46.6 Å². The van der Waals surface area contributed by atoms with Crippen molar-refractivity contribution in [2.75, 3.05) is 53.4 Å². The summed E-state index contributed by atoms with van der Waals surface area (Å²) < 4.78 is 69.8. The lowest BCUT2D eigenvalue weighted by molar-refractivity contribution is -0.131. The Bertz CT molecular complexity index is 1610. The molecule has 2 aliphatic carbocycles. The van der Waals surface area contributed by atoms with E-state index in [9.17, 15) is 36.0 Å². The van der Waals surface area contributed by atoms with Crippen LogP contribution in [0.1, 0.15) is 51.4 Å². The predicted molar refractivity (Wildman–Crippen MR) is 172 cm³/mol. The number of hydrogen-bond acceptors (Lipinski definition) is 13. The molecule has 6 heterocycles. The van der Waals surface area contributed by atoms with Crippen LogP contribution in [0, 0.1) is 10.8 Å². The minimum atomic E-state index is -4.77. The van der Waals surface area contributed by atoms with E-state index >= 15 is 0 Å². The molecule has 6 amide bonds. The van der Waals surface area contributed by atoms with Crippen molar-refractivity contribution in [1.29, 1.82) is 0 Å². The van der Waals surface area contributed by atoms with Crippen LogP contribution in [-0.2, 0) is 39.0 Å². The zero-order valence-electron chi connectivity index (χ0n) is 28.3. The number of aliphatic hydroxyl groups is 1. The summed E-state index contributed by atoms with van der Waals surface area (Å²) in [5.74, 6) is -0.407. The van der Waals surface area contributed by atoms with Gasteiger partial charge in [0.25, 0.3) is 0 Å². The number of urea groups is 2. The molecule has 0 unspecified atom stereocenters. The molecule has 2 spiro atoms. The first-order valence-corrected chi connectivity index (χ1v) is 19.6. The van der Waals surface area contributed by atoms with Crippen molar-refractivity contribution >= 4 is 44.7 Å². The van der Waals surface area contributed by atoms with Gasteiger partial charge in [-0.3, -0.25) is 18.7 Å². The number of hydrogen-bond donors (Lipinski definition) is 6. The number of rotatable bonds is 8. The van der Waals surface area contributed by atoms with Crippen LogP contribution >= 0.6 is 0 Å². The first kappa shape index (κ1) is 37.8. The SMILES string of the molecule is CN1CC2(CC(NC(=O)[C@H]3CC[C@@H]4CN3C(=O)N4OS(=O)(=O)O)C2)C1.CO.O=C(NC1CC2(CNC2)C1)[C@H]1CC[C@@H]2CN1C(=O)N2OS(=O)(=O)O. The Morgan fingerprint density at radius 3 is 1.45 bits per heavy atom. The minimum absolute atomic E-state index is 0.139. The van der Waals surface area contributed by atoms with E-state index in [1.807, 2.05) is 0 Å². The topological polar surface area (TPSA) is 268 Å². The molecule has 2 saturated carbocycles. The van der Waals surface area contributed by atoms with Crippen molar-refractivity contribution in [3.8, 4) is 0 Å². The maximum atomic E-state index is 12.6. The zero-order valence-corrected chi connectivity index (χ0v) is 30.0. The molecule has 6 saturated heterocycles. The van der Waals surface area contributed by atoms with Crippen molar-refractivity contribution in [3.05, 3.63) is 0 Å². The summed E-state index contributed by atoms with van der Waals surface area (Å²) >= 11 is 0. The van der Waals surface area contributed by atoms with E-state index in [-0.39, 0.29) is 37.0 Å². The molecule has 4 bridgehead atoms. The molecule has 23 heteroatoms. The molecule has 288 valence electrons. The fourth-order valence-electron chi connectivity index (χ4n) is 9.10. The van der Waals surface area contributed by atoms with Gasteiger partial charge in [0, 0.05) is 58.5 Å². The van der Waals surface area contributed by atoms with Crippen molar-refractivity contribution in [2.45, 2.75) is 87.6 Å². The van der Waals surface area contributed by atoms with Gasteiger partial charge in [-0.25, -0.2) is 9.59 Å². The molecular formula is C28H46N8O13S2. The van der Waals surface area contributed by atoms with E-state index < -0.39 is 57.0 Å². The van der Waals surface area contributed by atoms with Crippen LogP contribution in [0.25, 0.3) is 0 Å². The van der Waals surface area contributed by atoms with Crippen LogP contribution in [0.4, 0.5) is 9.59 Å². The van der Waals surface area contributed by atoms with Crippen LogP contribution in [0.15, 0.2) is 0 Å². The van der Waals surface area contributed by atoms with Gasteiger partial charge in [-0.05, 0) is 69.2 Å². The number of aliphatic hydroxyl groups excluding tert-OH is 1. The van der Waals surface area contributed by atoms with Gasteiger partial charge >= 0.3 is 32.9 Å². The highest BCUT2D eigenvalue weighted by atomic mass is 32.3. The molecule has 6 N–H and O–H groups in total. The van der Waals surface area contributed by atoms with Gasteiger partial charge in [-0.1, -0.05) is 0 Å². The number of piperidine rings is 2. The average molecular weight is 767 g/mol. The Morgan fingerprint density at radius 2 is 1.12 bits per heavy atom. The summed E-state index contributed by atoms with van der Waals surface area (Å²) in [5.41, 5.74) is 0.702. The Kier molecular flexibility index (Phi) is 10.3. The molecule has 8 rings (SSSR count). The average Bonchev–Trinajstić information content (AvgIpc) is 3.35. The van der Waals surface area contributed by atoms with Gasteiger partial charge in [0.1, 0.15) is 12.1 Å². The molecule has 8 fully saturated rings. The molecule has 51 heavy (non-hydrogen) atoms. The van der Waals surface area contributed by atoms with E-state index in [2.05, 4.69) is 36.5 Å². The van der Waals surface area contributed by atoms with E-state index in [0.717, 1.165) is 59.0 Å². The predicted octanol–water partition coefficient (Wildman–Crippen LogP) is -2.33. The number of nitrogens with zero attached hydrogens (tertiary/aromatic N) is 5. The van der Waals surface area contributed by atoms with Gasteiger partial charge < -0.3 is 35.8 Å². The quantitative estimate of drug-likeness (QED) is 0.142. The lowest BCUT2D eigenvalue weighted by Gasteiger charge is -2.58.